The van der Waals surface area contributed by atoms with Gasteiger partial charge in [-0.15, -0.1) is 0 Å². The van der Waals surface area contributed by atoms with E-state index in [9.17, 15) is 8.42 Å². The van der Waals surface area contributed by atoms with Crippen LogP contribution in [0.5, 0.6) is 0 Å². The summed E-state index contributed by atoms with van der Waals surface area (Å²) in [6.45, 7) is 3.85. The van der Waals surface area contributed by atoms with Gasteiger partial charge >= 0.3 is 0 Å². The van der Waals surface area contributed by atoms with Gasteiger partial charge in [0.15, 0.2) is 0 Å². The number of primary sulfonamides is 1. The Bertz CT molecular complexity index is 559. The number of nitrogens with zero attached hydrogens (tertiary/aromatic N) is 1. The fraction of sp³-hybridized carbons (Fsp3) is 0.500. The van der Waals surface area contributed by atoms with Crippen molar-refractivity contribution in [1.82, 2.24) is 0 Å². The molecular formula is C12H19N3O3S. The lowest BCUT2D eigenvalue weighted by Crippen LogP contribution is -2.45. The molecule has 0 aromatic heterocycles. The smallest absolute Gasteiger partial charge is 0.240 e. The van der Waals surface area contributed by atoms with Crippen molar-refractivity contribution in [3.8, 4) is 0 Å². The van der Waals surface area contributed by atoms with Crippen molar-refractivity contribution >= 4 is 21.4 Å². The summed E-state index contributed by atoms with van der Waals surface area (Å²) in [4.78, 5) is 2.11. The third-order valence-electron chi connectivity index (χ3n) is 3.30. The van der Waals surface area contributed by atoms with Gasteiger partial charge in [0.1, 0.15) is 4.90 Å². The molecule has 0 saturated carbocycles. The Hall–Kier alpha value is -1.31. The van der Waals surface area contributed by atoms with Crippen LogP contribution < -0.4 is 15.8 Å². The highest BCUT2D eigenvalue weighted by Gasteiger charge is 2.26. The molecule has 1 saturated heterocycles. The topological polar surface area (TPSA) is 98.7 Å². The van der Waals surface area contributed by atoms with Crippen molar-refractivity contribution in [3.05, 3.63) is 18.2 Å². The first-order valence-corrected chi connectivity index (χ1v) is 7.75. The van der Waals surface area contributed by atoms with Crippen LogP contribution in [0.3, 0.4) is 0 Å². The van der Waals surface area contributed by atoms with Crippen molar-refractivity contribution in [3.63, 3.8) is 0 Å². The van der Waals surface area contributed by atoms with E-state index in [0.29, 0.717) is 31.1 Å². The minimum Gasteiger partial charge on any atom is -0.399 e. The molecule has 1 unspecified atom stereocenters. The molecule has 1 aromatic rings. The van der Waals surface area contributed by atoms with E-state index in [4.69, 9.17) is 15.6 Å². The van der Waals surface area contributed by atoms with Gasteiger partial charge in [-0.1, -0.05) is 6.92 Å². The van der Waals surface area contributed by atoms with Crippen molar-refractivity contribution < 1.29 is 13.2 Å². The lowest BCUT2D eigenvalue weighted by atomic mass is 10.1. The number of ether oxygens (including phenoxy) is 1. The standard InChI is InChI=1S/C12H19N3O3S/c1-2-10-8-18-6-5-15(10)11-4-3-9(13)7-12(11)19(14,16)17/h3-4,7,10H,2,5-6,8,13H2,1H3,(H2,14,16,17). The normalized spacial score (nSPS) is 20.5. The quantitative estimate of drug-likeness (QED) is 0.789. The highest BCUT2D eigenvalue weighted by Crippen LogP contribution is 2.29. The monoisotopic (exact) mass is 285 g/mol. The average Bonchev–Trinajstić information content (AvgIpc) is 2.37. The highest BCUT2D eigenvalue weighted by molar-refractivity contribution is 7.89. The molecule has 1 aromatic carbocycles. The largest absolute Gasteiger partial charge is 0.399 e. The van der Waals surface area contributed by atoms with Gasteiger partial charge in [0.05, 0.1) is 24.9 Å². The molecule has 0 bridgehead atoms. The van der Waals surface area contributed by atoms with E-state index in [2.05, 4.69) is 0 Å². The van der Waals surface area contributed by atoms with Crippen LogP contribution in [-0.4, -0.2) is 34.2 Å². The Labute approximate surface area is 113 Å². The van der Waals surface area contributed by atoms with Gasteiger partial charge < -0.3 is 15.4 Å². The first-order valence-electron chi connectivity index (χ1n) is 6.20. The molecule has 4 N–H and O–H groups in total. The molecule has 1 aliphatic heterocycles. The van der Waals surface area contributed by atoms with Crippen molar-refractivity contribution in [1.29, 1.82) is 0 Å². The molecule has 6 nitrogen and oxygen atoms in total. The first-order chi connectivity index (χ1) is 8.93. The van der Waals surface area contributed by atoms with E-state index in [1.807, 2.05) is 11.8 Å². The van der Waals surface area contributed by atoms with Crippen LogP contribution in [0.15, 0.2) is 23.1 Å². The van der Waals surface area contributed by atoms with Gasteiger partial charge in [-0.25, -0.2) is 13.6 Å². The fourth-order valence-corrected chi connectivity index (χ4v) is 3.08. The Balaban J connectivity index is 2.49. The molecule has 1 fully saturated rings. The molecule has 1 atom stereocenters. The SMILES string of the molecule is CCC1COCCN1c1ccc(N)cc1S(N)(=O)=O. The Kier molecular flexibility index (Phi) is 3.98. The summed E-state index contributed by atoms with van der Waals surface area (Å²) in [6, 6.07) is 4.96. The van der Waals surface area contributed by atoms with E-state index in [1.54, 1.807) is 12.1 Å². The summed E-state index contributed by atoms with van der Waals surface area (Å²) in [6.07, 6.45) is 0.869. The summed E-state index contributed by atoms with van der Waals surface area (Å²) in [5, 5.41) is 5.28. The number of nitrogens with two attached hydrogens (primary N) is 2. The molecule has 0 spiro atoms. The first kappa shape index (κ1) is 14.1. The Morgan fingerprint density at radius 3 is 2.84 bits per heavy atom. The molecule has 2 rings (SSSR count). The average molecular weight is 285 g/mol. The predicted octanol–water partition coefficient (Wildman–Crippen LogP) is 0.531. The Morgan fingerprint density at radius 2 is 2.21 bits per heavy atom. The maximum atomic E-state index is 11.7. The zero-order valence-corrected chi connectivity index (χ0v) is 11.7. The summed E-state index contributed by atoms with van der Waals surface area (Å²) >= 11 is 0. The van der Waals surface area contributed by atoms with E-state index >= 15 is 0 Å². The number of benzene rings is 1. The third-order valence-corrected chi connectivity index (χ3v) is 4.24. The molecule has 1 heterocycles. The minimum absolute atomic E-state index is 0.0767. The maximum absolute atomic E-state index is 11.7. The van der Waals surface area contributed by atoms with Crippen LogP contribution in [0.1, 0.15) is 13.3 Å². The van der Waals surface area contributed by atoms with Crippen LogP contribution in [0, 0.1) is 0 Å². The summed E-state index contributed by atoms with van der Waals surface area (Å²) in [7, 11) is -3.80. The van der Waals surface area contributed by atoms with Crippen LogP contribution in [0.25, 0.3) is 0 Å². The number of sulfonamides is 1. The van der Waals surface area contributed by atoms with Gasteiger partial charge in [0, 0.05) is 12.2 Å². The second kappa shape index (κ2) is 5.36. The third kappa shape index (κ3) is 2.99. The van der Waals surface area contributed by atoms with Crippen LogP contribution in [0.2, 0.25) is 0 Å². The van der Waals surface area contributed by atoms with Crippen molar-refractivity contribution in [2.75, 3.05) is 30.4 Å². The second-order valence-electron chi connectivity index (χ2n) is 4.60. The van der Waals surface area contributed by atoms with E-state index in [1.165, 1.54) is 6.07 Å². The molecule has 0 amide bonds. The fourth-order valence-electron chi connectivity index (χ4n) is 2.31. The second-order valence-corrected chi connectivity index (χ2v) is 6.13. The number of nitrogen functional groups attached to an aromatic ring is 1. The molecule has 0 aliphatic carbocycles. The van der Waals surface area contributed by atoms with Crippen LogP contribution in [0.4, 0.5) is 11.4 Å². The maximum Gasteiger partial charge on any atom is 0.240 e. The molecule has 7 heteroatoms. The van der Waals surface area contributed by atoms with Crippen molar-refractivity contribution in [2.45, 2.75) is 24.3 Å². The van der Waals surface area contributed by atoms with Crippen molar-refractivity contribution in [2.24, 2.45) is 5.14 Å². The zero-order valence-electron chi connectivity index (χ0n) is 10.9. The summed E-state index contributed by atoms with van der Waals surface area (Å²) in [5.41, 5.74) is 6.64. The molecule has 1 aliphatic rings. The van der Waals surface area contributed by atoms with Gasteiger partial charge in [-0.2, -0.15) is 0 Å². The molecular weight excluding hydrogens is 266 g/mol. The van der Waals surface area contributed by atoms with E-state index in [-0.39, 0.29) is 10.9 Å². The minimum atomic E-state index is -3.80. The van der Waals surface area contributed by atoms with Gasteiger partial charge in [0.25, 0.3) is 0 Å². The highest BCUT2D eigenvalue weighted by atomic mass is 32.2. The summed E-state index contributed by atoms with van der Waals surface area (Å²) < 4.78 is 28.8. The molecule has 0 radical (unpaired) electrons. The number of hydrogen-bond donors (Lipinski definition) is 2. The number of hydrogen-bond acceptors (Lipinski definition) is 5. The van der Waals surface area contributed by atoms with E-state index in [0.717, 1.165) is 6.42 Å². The lowest BCUT2D eigenvalue weighted by molar-refractivity contribution is 0.0927. The van der Waals surface area contributed by atoms with Gasteiger partial charge in [-0.05, 0) is 24.6 Å². The van der Waals surface area contributed by atoms with Crippen LogP contribution in [-0.2, 0) is 14.8 Å². The van der Waals surface area contributed by atoms with Gasteiger partial charge in [0.2, 0.25) is 10.0 Å². The number of morpholine rings is 1. The number of anilines is 2. The van der Waals surface area contributed by atoms with E-state index < -0.39 is 10.0 Å². The lowest BCUT2D eigenvalue weighted by Gasteiger charge is -2.37. The predicted molar refractivity (Wildman–Crippen MR) is 74.5 cm³/mol. The zero-order chi connectivity index (χ0) is 14.0. The summed E-state index contributed by atoms with van der Waals surface area (Å²) in [5.74, 6) is 0. The van der Waals surface area contributed by atoms with Gasteiger partial charge in [-0.3, -0.25) is 0 Å². The molecule has 19 heavy (non-hydrogen) atoms. The molecule has 106 valence electrons. The Morgan fingerprint density at radius 1 is 1.47 bits per heavy atom. The van der Waals surface area contributed by atoms with Crippen LogP contribution >= 0.6 is 0 Å². The number of rotatable bonds is 3.